The zero-order valence-corrected chi connectivity index (χ0v) is 13.2. The first-order valence-corrected chi connectivity index (χ1v) is 8.11. The fourth-order valence-corrected chi connectivity index (χ4v) is 3.25. The van der Waals surface area contributed by atoms with Crippen LogP contribution < -0.4 is 16.0 Å². The van der Waals surface area contributed by atoms with Crippen LogP contribution in [0, 0.1) is 0 Å². The lowest BCUT2D eigenvalue weighted by Gasteiger charge is -2.36. The molecule has 1 aromatic carbocycles. The first-order valence-electron chi connectivity index (χ1n) is 8.11. The summed E-state index contributed by atoms with van der Waals surface area (Å²) in [7, 11) is 0. The molecular weight excluding hydrogens is 262 g/mol. The van der Waals surface area contributed by atoms with Crippen LogP contribution in [0.15, 0.2) is 18.2 Å². The zero-order valence-electron chi connectivity index (χ0n) is 13.2. The number of carbonyl (C=O) groups is 1. The molecule has 1 aliphatic rings. The van der Waals surface area contributed by atoms with Gasteiger partial charge in [-0.3, -0.25) is 4.79 Å². The molecule has 1 saturated carbocycles. The minimum Gasteiger partial charge on any atom is -0.399 e. The molecule has 1 aliphatic carbocycles. The molecule has 0 bridgehead atoms. The third-order valence-electron chi connectivity index (χ3n) is 4.27. The van der Waals surface area contributed by atoms with Gasteiger partial charge in [0, 0.05) is 24.8 Å². The van der Waals surface area contributed by atoms with Crippen LogP contribution in [0.2, 0.25) is 0 Å². The highest BCUT2D eigenvalue weighted by Gasteiger charge is 2.24. The number of nitrogen functional groups attached to an aromatic ring is 1. The molecule has 4 heteroatoms. The molecule has 0 radical (unpaired) electrons. The van der Waals surface area contributed by atoms with Gasteiger partial charge in [0.05, 0.1) is 11.3 Å². The molecule has 4 nitrogen and oxygen atoms in total. The summed E-state index contributed by atoms with van der Waals surface area (Å²) in [6.45, 7) is 5.63. The highest BCUT2D eigenvalue weighted by Crippen LogP contribution is 2.31. The Morgan fingerprint density at radius 3 is 2.62 bits per heavy atom. The van der Waals surface area contributed by atoms with E-state index in [1.54, 1.807) is 0 Å². The molecule has 0 saturated heterocycles. The number of amides is 1. The molecule has 0 spiro atoms. The summed E-state index contributed by atoms with van der Waals surface area (Å²) >= 11 is 0. The number of hydrogen-bond acceptors (Lipinski definition) is 3. The second-order valence-electron chi connectivity index (χ2n) is 5.71. The molecule has 3 N–H and O–H groups in total. The Kier molecular flexibility index (Phi) is 5.48. The maximum absolute atomic E-state index is 12.3. The van der Waals surface area contributed by atoms with Crippen LogP contribution in [0.1, 0.15) is 56.3 Å². The summed E-state index contributed by atoms with van der Waals surface area (Å²) in [4.78, 5) is 14.7. The van der Waals surface area contributed by atoms with Gasteiger partial charge in [0.25, 0.3) is 5.91 Å². The Labute approximate surface area is 127 Å². The van der Waals surface area contributed by atoms with Crippen LogP contribution in [0.25, 0.3) is 0 Å². The largest absolute Gasteiger partial charge is 0.399 e. The topological polar surface area (TPSA) is 58.4 Å². The maximum atomic E-state index is 12.3. The zero-order chi connectivity index (χ0) is 15.2. The minimum atomic E-state index is -0.0123. The Hall–Kier alpha value is -1.71. The van der Waals surface area contributed by atoms with Crippen molar-refractivity contribution in [1.29, 1.82) is 0 Å². The molecule has 0 aliphatic heterocycles. The third kappa shape index (κ3) is 3.69. The van der Waals surface area contributed by atoms with Crippen molar-refractivity contribution in [1.82, 2.24) is 5.32 Å². The molecule has 1 amide bonds. The fourth-order valence-electron chi connectivity index (χ4n) is 3.25. The van der Waals surface area contributed by atoms with Gasteiger partial charge in [-0.1, -0.05) is 19.3 Å². The fraction of sp³-hybridized carbons (Fsp3) is 0.588. The smallest absolute Gasteiger partial charge is 0.253 e. The van der Waals surface area contributed by atoms with Gasteiger partial charge >= 0.3 is 0 Å². The molecule has 2 rings (SSSR count). The summed E-state index contributed by atoms with van der Waals surface area (Å²) in [5, 5.41) is 2.90. The van der Waals surface area contributed by atoms with E-state index in [1.807, 2.05) is 25.1 Å². The van der Waals surface area contributed by atoms with Crippen LogP contribution >= 0.6 is 0 Å². The van der Waals surface area contributed by atoms with E-state index in [9.17, 15) is 4.79 Å². The van der Waals surface area contributed by atoms with E-state index in [-0.39, 0.29) is 5.91 Å². The summed E-state index contributed by atoms with van der Waals surface area (Å²) in [5.74, 6) is -0.0123. The highest BCUT2D eigenvalue weighted by atomic mass is 16.1. The van der Waals surface area contributed by atoms with Gasteiger partial charge in [0.15, 0.2) is 0 Å². The third-order valence-corrected chi connectivity index (χ3v) is 4.27. The van der Waals surface area contributed by atoms with E-state index >= 15 is 0 Å². The lowest BCUT2D eigenvalue weighted by atomic mass is 9.93. The quantitative estimate of drug-likeness (QED) is 0.819. The van der Waals surface area contributed by atoms with Gasteiger partial charge in [-0.15, -0.1) is 0 Å². The van der Waals surface area contributed by atoms with Crippen LogP contribution in [0.3, 0.4) is 0 Å². The molecule has 116 valence electrons. The Balaban J connectivity index is 2.33. The van der Waals surface area contributed by atoms with Gasteiger partial charge < -0.3 is 16.0 Å². The van der Waals surface area contributed by atoms with Crippen molar-refractivity contribution in [3.05, 3.63) is 23.8 Å². The normalized spacial score (nSPS) is 15.7. The van der Waals surface area contributed by atoms with Crippen molar-refractivity contribution in [2.75, 3.05) is 23.7 Å². The number of carbonyl (C=O) groups excluding carboxylic acids is 1. The molecule has 1 aromatic rings. The van der Waals surface area contributed by atoms with Crippen molar-refractivity contribution >= 4 is 17.3 Å². The summed E-state index contributed by atoms with van der Waals surface area (Å²) < 4.78 is 0. The summed E-state index contributed by atoms with van der Waals surface area (Å²) in [6, 6.07) is 6.13. The lowest BCUT2D eigenvalue weighted by Crippen LogP contribution is -2.38. The Morgan fingerprint density at radius 2 is 2.00 bits per heavy atom. The van der Waals surface area contributed by atoms with E-state index in [4.69, 9.17) is 5.73 Å². The van der Waals surface area contributed by atoms with Crippen molar-refractivity contribution in [3.8, 4) is 0 Å². The molecule has 0 heterocycles. The predicted molar refractivity (Wildman–Crippen MR) is 88.8 cm³/mol. The van der Waals surface area contributed by atoms with Crippen LogP contribution in [0.4, 0.5) is 11.4 Å². The number of anilines is 2. The van der Waals surface area contributed by atoms with Gasteiger partial charge in [-0.2, -0.15) is 0 Å². The Morgan fingerprint density at radius 1 is 1.29 bits per heavy atom. The average Bonchev–Trinajstić information content (AvgIpc) is 2.49. The Bertz CT molecular complexity index is 481. The molecule has 0 atom stereocenters. The number of rotatable bonds is 5. The average molecular weight is 289 g/mol. The minimum absolute atomic E-state index is 0.0123. The van der Waals surface area contributed by atoms with Gasteiger partial charge in [0.2, 0.25) is 0 Å². The lowest BCUT2D eigenvalue weighted by molar-refractivity contribution is 0.0956. The molecule has 1 fully saturated rings. The van der Waals surface area contributed by atoms with E-state index in [1.165, 1.54) is 32.1 Å². The van der Waals surface area contributed by atoms with Crippen molar-refractivity contribution in [3.63, 3.8) is 0 Å². The molecule has 0 aromatic heterocycles. The second kappa shape index (κ2) is 7.34. The summed E-state index contributed by atoms with van der Waals surface area (Å²) in [5.41, 5.74) is 8.40. The summed E-state index contributed by atoms with van der Waals surface area (Å²) in [6.07, 6.45) is 6.29. The predicted octanol–water partition coefficient (Wildman–Crippen LogP) is 3.18. The number of hydrogen-bond donors (Lipinski definition) is 2. The second-order valence-corrected chi connectivity index (χ2v) is 5.71. The van der Waals surface area contributed by atoms with Crippen LogP contribution in [0.5, 0.6) is 0 Å². The van der Waals surface area contributed by atoms with Gasteiger partial charge in [-0.05, 0) is 44.9 Å². The van der Waals surface area contributed by atoms with Gasteiger partial charge in [0.1, 0.15) is 0 Å². The first kappa shape index (κ1) is 15.7. The number of benzene rings is 1. The van der Waals surface area contributed by atoms with E-state index in [0.29, 0.717) is 18.3 Å². The number of nitrogens with one attached hydrogen (secondary N) is 1. The molecule has 21 heavy (non-hydrogen) atoms. The highest BCUT2D eigenvalue weighted by molar-refractivity contribution is 6.00. The van der Waals surface area contributed by atoms with E-state index in [2.05, 4.69) is 17.1 Å². The first-order chi connectivity index (χ1) is 10.2. The van der Waals surface area contributed by atoms with Gasteiger partial charge in [-0.25, -0.2) is 0 Å². The van der Waals surface area contributed by atoms with Crippen molar-refractivity contribution in [2.45, 2.75) is 52.0 Å². The van der Waals surface area contributed by atoms with E-state index in [0.717, 1.165) is 17.8 Å². The van der Waals surface area contributed by atoms with Crippen LogP contribution in [-0.4, -0.2) is 25.0 Å². The van der Waals surface area contributed by atoms with E-state index < -0.39 is 0 Å². The maximum Gasteiger partial charge on any atom is 0.253 e. The monoisotopic (exact) mass is 289 g/mol. The standard InChI is InChI=1S/C17H27N3O/c1-3-19-17(21)15-11-10-13(18)12-16(15)20(4-2)14-8-6-5-7-9-14/h10-12,14H,3-9,18H2,1-2H3,(H,19,21). The number of nitrogens with zero attached hydrogens (tertiary/aromatic N) is 1. The molecular formula is C17H27N3O. The van der Waals surface area contributed by atoms with Crippen LogP contribution in [-0.2, 0) is 0 Å². The number of nitrogens with two attached hydrogens (primary N) is 1. The van der Waals surface area contributed by atoms with Crippen molar-refractivity contribution in [2.24, 2.45) is 0 Å². The SMILES string of the molecule is CCNC(=O)c1ccc(N)cc1N(CC)C1CCCCC1. The molecule has 0 unspecified atom stereocenters. The van der Waals surface area contributed by atoms with Crippen molar-refractivity contribution < 1.29 is 4.79 Å².